The van der Waals surface area contributed by atoms with Crippen LogP contribution in [-0.4, -0.2) is 43.6 Å². The Morgan fingerprint density at radius 3 is 2.80 bits per heavy atom. The number of nitrogens with zero attached hydrogens (tertiary/aromatic N) is 1. The molecule has 5 atom stereocenters. The number of aliphatic hydroxyl groups is 2. The van der Waals surface area contributed by atoms with E-state index in [0.29, 0.717) is 0 Å². The van der Waals surface area contributed by atoms with Crippen LogP contribution in [0.4, 0.5) is 0 Å². The Labute approximate surface area is 113 Å². The summed E-state index contributed by atoms with van der Waals surface area (Å²) in [5, 5.41) is 19.7. The number of nitrogens with one attached hydrogen (secondary N) is 1. The molecule has 1 saturated heterocycles. The first-order chi connectivity index (χ1) is 9.31. The van der Waals surface area contributed by atoms with Crippen LogP contribution < -0.4 is 17.0 Å². The van der Waals surface area contributed by atoms with Crippen molar-refractivity contribution >= 4 is 0 Å². The van der Waals surface area contributed by atoms with Crippen LogP contribution in [0.15, 0.2) is 21.9 Å². The van der Waals surface area contributed by atoms with E-state index in [1.165, 1.54) is 13.1 Å². The van der Waals surface area contributed by atoms with Gasteiger partial charge < -0.3 is 20.7 Å². The lowest BCUT2D eigenvalue weighted by Gasteiger charge is -2.27. The fourth-order valence-electron chi connectivity index (χ4n) is 2.20. The monoisotopic (exact) mass is 281 g/mol. The maximum Gasteiger partial charge on any atom is 0.330 e. The van der Waals surface area contributed by atoms with Crippen molar-refractivity contribution in [2.45, 2.75) is 37.0 Å². The SMILES string of the molecule is C#CC1(N)[C@@H](O)[C@@H]([C@@H](C)O)O[C@H]1n1ccc(=O)[nH]c1=O. The highest BCUT2D eigenvalue weighted by molar-refractivity contribution is 5.23. The highest BCUT2D eigenvalue weighted by atomic mass is 16.5. The smallest absolute Gasteiger partial charge is 0.330 e. The second-order valence-corrected chi connectivity index (χ2v) is 4.73. The van der Waals surface area contributed by atoms with Crippen molar-refractivity contribution in [2.75, 3.05) is 0 Å². The number of terminal acetylenes is 1. The largest absolute Gasteiger partial charge is 0.391 e. The molecule has 5 N–H and O–H groups in total. The maximum atomic E-state index is 11.8. The van der Waals surface area contributed by atoms with E-state index in [0.717, 1.165) is 10.6 Å². The van der Waals surface area contributed by atoms with Gasteiger partial charge in [0.1, 0.15) is 12.2 Å². The van der Waals surface area contributed by atoms with Gasteiger partial charge in [0.25, 0.3) is 5.56 Å². The van der Waals surface area contributed by atoms with Crippen molar-refractivity contribution in [3.63, 3.8) is 0 Å². The molecule has 2 rings (SSSR count). The quantitative estimate of drug-likeness (QED) is 0.443. The molecule has 1 aromatic rings. The third-order valence-electron chi connectivity index (χ3n) is 3.32. The third-order valence-corrected chi connectivity index (χ3v) is 3.32. The summed E-state index contributed by atoms with van der Waals surface area (Å²) in [5.41, 5.74) is 2.88. The molecule has 1 aliphatic rings. The highest BCUT2D eigenvalue weighted by Gasteiger charge is 2.55. The Balaban J connectivity index is 2.53. The number of aliphatic hydroxyl groups excluding tert-OH is 2. The van der Waals surface area contributed by atoms with Gasteiger partial charge in [-0.3, -0.25) is 14.3 Å². The molecule has 0 radical (unpaired) electrons. The topological polar surface area (TPSA) is 131 Å². The number of H-pyrrole nitrogens is 1. The van der Waals surface area contributed by atoms with Crippen LogP contribution in [0.1, 0.15) is 13.2 Å². The molecule has 1 unspecified atom stereocenters. The van der Waals surface area contributed by atoms with Gasteiger partial charge in [0.15, 0.2) is 11.8 Å². The Morgan fingerprint density at radius 1 is 1.65 bits per heavy atom. The second kappa shape index (κ2) is 4.88. The van der Waals surface area contributed by atoms with Gasteiger partial charge in [-0.2, -0.15) is 0 Å². The van der Waals surface area contributed by atoms with Gasteiger partial charge in [0.05, 0.1) is 6.10 Å². The number of aromatic nitrogens is 2. The number of hydrogen-bond acceptors (Lipinski definition) is 6. The molecule has 1 aromatic heterocycles. The summed E-state index contributed by atoms with van der Waals surface area (Å²) >= 11 is 0. The lowest BCUT2D eigenvalue weighted by molar-refractivity contribution is -0.0778. The van der Waals surface area contributed by atoms with Crippen LogP contribution in [0.5, 0.6) is 0 Å². The highest BCUT2D eigenvalue weighted by Crippen LogP contribution is 2.36. The molecule has 1 aliphatic heterocycles. The van der Waals surface area contributed by atoms with Crippen molar-refractivity contribution in [2.24, 2.45) is 5.73 Å². The summed E-state index contributed by atoms with van der Waals surface area (Å²) in [6.45, 7) is 1.41. The van der Waals surface area contributed by atoms with Gasteiger partial charge in [-0.15, -0.1) is 6.42 Å². The minimum Gasteiger partial charge on any atom is -0.391 e. The van der Waals surface area contributed by atoms with Crippen LogP contribution in [0.3, 0.4) is 0 Å². The van der Waals surface area contributed by atoms with E-state index in [-0.39, 0.29) is 0 Å². The van der Waals surface area contributed by atoms with E-state index in [1.807, 2.05) is 4.98 Å². The molecular weight excluding hydrogens is 266 g/mol. The van der Waals surface area contributed by atoms with Crippen LogP contribution in [0.2, 0.25) is 0 Å². The van der Waals surface area contributed by atoms with E-state index in [1.54, 1.807) is 0 Å². The third kappa shape index (κ3) is 2.07. The summed E-state index contributed by atoms with van der Waals surface area (Å²) in [6, 6.07) is 1.10. The Morgan fingerprint density at radius 2 is 2.30 bits per heavy atom. The zero-order valence-corrected chi connectivity index (χ0v) is 10.7. The molecule has 108 valence electrons. The maximum absolute atomic E-state index is 11.8. The molecule has 0 spiro atoms. The normalized spacial score (nSPS) is 34.6. The summed E-state index contributed by atoms with van der Waals surface area (Å²) < 4.78 is 6.40. The van der Waals surface area contributed by atoms with Gasteiger partial charge in [-0.05, 0) is 6.92 Å². The number of rotatable bonds is 2. The standard InChI is InChI=1S/C12H15N3O5/c1-3-12(13)9(18)8(6(2)16)20-10(12)15-5-4-7(17)14-11(15)19/h1,4-6,8-10,16,18H,13H2,2H3,(H,14,17,19)/t6-,8-,9+,10-,12?/m1/s1. The van der Waals surface area contributed by atoms with Crippen LogP contribution in [0.25, 0.3) is 0 Å². The molecule has 0 amide bonds. The summed E-state index contributed by atoms with van der Waals surface area (Å²) in [7, 11) is 0. The fraction of sp³-hybridized carbons (Fsp3) is 0.500. The Bertz CT molecular complexity index is 658. The predicted molar refractivity (Wildman–Crippen MR) is 68.7 cm³/mol. The van der Waals surface area contributed by atoms with E-state index >= 15 is 0 Å². The summed E-state index contributed by atoms with van der Waals surface area (Å²) in [5.74, 6) is 2.21. The van der Waals surface area contributed by atoms with Crippen LogP contribution in [0, 0.1) is 12.3 Å². The molecule has 8 heteroatoms. The second-order valence-electron chi connectivity index (χ2n) is 4.73. The van der Waals surface area contributed by atoms with Gasteiger partial charge >= 0.3 is 5.69 Å². The van der Waals surface area contributed by atoms with E-state index in [2.05, 4.69) is 5.92 Å². The fourth-order valence-corrected chi connectivity index (χ4v) is 2.20. The molecule has 2 heterocycles. The lowest BCUT2D eigenvalue weighted by Crippen LogP contribution is -2.55. The molecule has 8 nitrogen and oxygen atoms in total. The van der Waals surface area contributed by atoms with Gasteiger partial charge in [-0.25, -0.2) is 4.79 Å². The van der Waals surface area contributed by atoms with Crippen molar-refractivity contribution < 1.29 is 14.9 Å². The number of nitrogens with two attached hydrogens (primary N) is 1. The predicted octanol–water partition coefficient (Wildman–Crippen LogP) is -2.49. The van der Waals surface area contributed by atoms with E-state index < -0.39 is 41.3 Å². The van der Waals surface area contributed by atoms with Gasteiger partial charge in [-0.1, -0.05) is 5.92 Å². The Hall–Kier alpha value is -1.92. The van der Waals surface area contributed by atoms with Crippen molar-refractivity contribution in [1.82, 2.24) is 9.55 Å². The van der Waals surface area contributed by atoms with Crippen molar-refractivity contribution in [1.29, 1.82) is 0 Å². The van der Waals surface area contributed by atoms with E-state index in [4.69, 9.17) is 16.9 Å². The first-order valence-electron chi connectivity index (χ1n) is 5.91. The van der Waals surface area contributed by atoms with Crippen LogP contribution >= 0.6 is 0 Å². The number of aromatic amines is 1. The zero-order valence-electron chi connectivity index (χ0n) is 10.7. The molecule has 0 saturated carbocycles. The molecule has 0 aliphatic carbocycles. The summed E-state index contributed by atoms with van der Waals surface area (Å²) in [6.07, 6.45) is 1.87. The summed E-state index contributed by atoms with van der Waals surface area (Å²) in [4.78, 5) is 24.9. The van der Waals surface area contributed by atoms with Crippen molar-refractivity contribution in [3.05, 3.63) is 33.1 Å². The van der Waals surface area contributed by atoms with Gasteiger partial charge in [0, 0.05) is 12.3 Å². The molecular formula is C12H15N3O5. The van der Waals surface area contributed by atoms with Crippen molar-refractivity contribution in [3.8, 4) is 12.3 Å². The molecule has 0 aromatic carbocycles. The van der Waals surface area contributed by atoms with E-state index in [9.17, 15) is 19.8 Å². The first kappa shape index (κ1) is 14.5. The lowest BCUT2D eigenvalue weighted by atomic mass is 9.90. The Kier molecular flexibility index (Phi) is 3.54. The molecule has 0 bridgehead atoms. The average molecular weight is 281 g/mol. The van der Waals surface area contributed by atoms with Crippen LogP contribution in [-0.2, 0) is 4.74 Å². The van der Waals surface area contributed by atoms with Gasteiger partial charge in [0.2, 0.25) is 0 Å². The molecule has 1 fully saturated rings. The zero-order chi connectivity index (χ0) is 15.1. The average Bonchev–Trinajstić information content (AvgIpc) is 2.64. The molecule has 20 heavy (non-hydrogen) atoms. The minimum absolute atomic E-state index is 0.583. The number of hydrogen-bond donors (Lipinski definition) is 4. The minimum atomic E-state index is -1.70. The first-order valence-corrected chi connectivity index (χ1v) is 5.91. The number of ether oxygens (including phenoxy) is 1.